The quantitative estimate of drug-likeness (QED) is 0.470. The molecule has 32 heavy (non-hydrogen) atoms. The topological polar surface area (TPSA) is 128 Å². The lowest BCUT2D eigenvalue weighted by molar-refractivity contribution is -0.137. The average molecular weight is 441 g/mol. The number of imide groups is 1. The first-order chi connectivity index (χ1) is 15.4. The van der Waals surface area contributed by atoms with Crippen molar-refractivity contribution in [1.82, 2.24) is 25.3 Å². The molecule has 4 heterocycles. The minimum Gasteiger partial charge on any atom is -0.368 e. The first-order valence-electron chi connectivity index (χ1n) is 11.1. The maximum atomic E-state index is 12.8. The molecule has 1 atom stereocenters. The van der Waals surface area contributed by atoms with Crippen molar-refractivity contribution in [2.75, 3.05) is 39.3 Å². The van der Waals surface area contributed by atoms with Gasteiger partial charge in [-0.25, -0.2) is 0 Å². The lowest BCUT2D eigenvalue weighted by Crippen LogP contribution is -2.76. The molecule has 4 aliphatic heterocycles. The molecule has 0 aliphatic carbocycles. The second-order valence-corrected chi connectivity index (χ2v) is 9.15. The fraction of sp³-hybridized carbons (Fsp3) is 0.545. The molecule has 4 aliphatic rings. The molecule has 170 valence electrons. The minimum absolute atomic E-state index is 0.152. The Kier molecular flexibility index (Phi) is 5.23. The van der Waals surface area contributed by atoms with Crippen LogP contribution in [0.15, 0.2) is 18.2 Å². The number of benzene rings is 1. The summed E-state index contributed by atoms with van der Waals surface area (Å²) in [6.07, 6.45) is 0.616. The number of rotatable bonds is 5. The Bertz CT molecular complexity index is 983. The van der Waals surface area contributed by atoms with Crippen LogP contribution in [0.2, 0.25) is 0 Å². The molecule has 4 amide bonds. The molecule has 0 radical (unpaired) electrons. The summed E-state index contributed by atoms with van der Waals surface area (Å²) in [5.41, 5.74) is 7.78. The van der Waals surface area contributed by atoms with E-state index in [9.17, 15) is 19.2 Å². The van der Waals surface area contributed by atoms with Gasteiger partial charge in [0.15, 0.2) is 0 Å². The second-order valence-electron chi connectivity index (χ2n) is 9.15. The third-order valence-corrected chi connectivity index (χ3v) is 7.27. The van der Waals surface area contributed by atoms with Crippen LogP contribution in [0.4, 0.5) is 0 Å². The predicted octanol–water partition coefficient (Wildman–Crippen LogP) is -1.61. The van der Waals surface area contributed by atoms with Crippen LogP contribution in [0.5, 0.6) is 0 Å². The van der Waals surface area contributed by atoms with Crippen molar-refractivity contribution in [3.63, 3.8) is 0 Å². The van der Waals surface area contributed by atoms with Gasteiger partial charge in [0.1, 0.15) is 11.6 Å². The summed E-state index contributed by atoms with van der Waals surface area (Å²) in [6, 6.07) is 5.27. The first-order valence-corrected chi connectivity index (χ1v) is 11.1. The van der Waals surface area contributed by atoms with Crippen LogP contribution in [0.25, 0.3) is 0 Å². The van der Waals surface area contributed by atoms with E-state index in [2.05, 4.69) is 20.4 Å². The maximum Gasteiger partial charge on any atom is 0.255 e. The molecule has 10 heteroatoms. The maximum absolute atomic E-state index is 12.8. The van der Waals surface area contributed by atoms with E-state index >= 15 is 0 Å². The van der Waals surface area contributed by atoms with Gasteiger partial charge in [-0.1, -0.05) is 12.1 Å². The lowest BCUT2D eigenvalue weighted by Gasteiger charge is -2.51. The molecule has 5 rings (SSSR count). The van der Waals surface area contributed by atoms with E-state index in [-0.39, 0.29) is 24.1 Å². The summed E-state index contributed by atoms with van der Waals surface area (Å²) in [6.45, 7) is 5.64. The van der Waals surface area contributed by atoms with E-state index < -0.39 is 17.5 Å². The van der Waals surface area contributed by atoms with E-state index in [4.69, 9.17) is 5.73 Å². The van der Waals surface area contributed by atoms with Crippen molar-refractivity contribution in [2.45, 2.75) is 37.5 Å². The Hall–Kier alpha value is -2.82. The number of hydrogen-bond acceptors (Lipinski definition) is 7. The fourth-order valence-corrected chi connectivity index (χ4v) is 5.23. The zero-order valence-electron chi connectivity index (χ0n) is 17.9. The van der Waals surface area contributed by atoms with E-state index in [1.54, 1.807) is 4.90 Å². The summed E-state index contributed by atoms with van der Waals surface area (Å²) in [4.78, 5) is 54.5. The molecule has 4 N–H and O–H groups in total. The molecule has 0 bridgehead atoms. The number of piperazine rings is 1. The Morgan fingerprint density at radius 2 is 1.88 bits per heavy atom. The molecule has 1 aromatic rings. The van der Waals surface area contributed by atoms with E-state index in [1.165, 1.54) is 0 Å². The van der Waals surface area contributed by atoms with Gasteiger partial charge < -0.3 is 16.0 Å². The Morgan fingerprint density at radius 1 is 1.12 bits per heavy atom. The van der Waals surface area contributed by atoms with Crippen LogP contribution >= 0.6 is 0 Å². The summed E-state index contributed by atoms with van der Waals surface area (Å²) in [7, 11) is 0. The van der Waals surface area contributed by atoms with Gasteiger partial charge in [-0.2, -0.15) is 0 Å². The number of primary amides is 1. The number of hydrogen-bond donors (Lipinski definition) is 3. The van der Waals surface area contributed by atoms with Crippen LogP contribution in [0, 0.1) is 0 Å². The van der Waals surface area contributed by atoms with Gasteiger partial charge in [0.2, 0.25) is 17.7 Å². The van der Waals surface area contributed by atoms with Crippen molar-refractivity contribution in [2.24, 2.45) is 5.73 Å². The SMILES string of the molecule is NC(=O)C1(N2CCN(Cc3ccc4c(c3)CN(C3CCC(=O)NC3=O)C4=O)CC2)CNC1. The van der Waals surface area contributed by atoms with Gasteiger partial charge in [0.05, 0.1) is 0 Å². The summed E-state index contributed by atoms with van der Waals surface area (Å²) >= 11 is 0. The summed E-state index contributed by atoms with van der Waals surface area (Å²) in [5, 5.41) is 5.50. The third-order valence-electron chi connectivity index (χ3n) is 7.27. The minimum atomic E-state index is -0.595. The predicted molar refractivity (Wildman–Crippen MR) is 114 cm³/mol. The van der Waals surface area contributed by atoms with Gasteiger partial charge in [-0.3, -0.25) is 34.3 Å². The van der Waals surface area contributed by atoms with Crippen LogP contribution in [-0.4, -0.2) is 89.2 Å². The van der Waals surface area contributed by atoms with Crippen molar-refractivity contribution >= 4 is 23.6 Å². The lowest BCUT2D eigenvalue weighted by atomic mass is 9.88. The normalized spacial score (nSPS) is 25.9. The molecule has 3 saturated heterocycles. The van der Waals surface area contributed by atoms with E-state index in [0.29, 0.717) is 31.6 Å². The van der Waals surface area contributed by atoms with E-state index in [0.717, 1.165) is 43.9 Å². The Morgan fingerprint density at radius 3 is 2.50 bits per heavy atom. The summed E-state index contributed by atoms with van der Waals surface area (Å²) in [5.74, 6) is -1.09. The zero-order chi connectivity index (χ0) is 22.5. The van der Waals surface area contributed by atoms with Crippen molar-refractivity contribution in [3.8, 4) is 0 Å². The molecule has 1 unspecified atom stereocenters. The average Bonchev–Trinajstić information content (AvgIpc) is 3.04. The molecular weight excluding hydrogens is 412 g/mol. The number of carbonyl (C=O) groups is 4. The second kappa shape index (κ2) is 7.95. The Labute approximate surface area is 186 Å². The highest BCUT2D eigenvalue weighted by atomic mass is 16.2. The number of piperidine rings is 1. The molecule has 1 aromatic carbocycles. The van der Waals surface area contributed by atoms with Gasteiger partial charge in [0, 0.05) is 64.3 Å². The number of nitrogens with one attached hydrogen (secondary N) is 2. The highest BCUT2D eigenvalue weighted by Gasteiger charge is 2.48. The van der Waals surface area contributed by atoms with Gasteiger partial charge in [-0.05, 0) is 23.6 Å². The summed E-state index contributed by atoms with van der Waals surface area (Å²) < 4.78 is 0. The van der Waals surface area contributed by atoms with Crippen LogP contribution in [0.3, 0.4) is 0 Å². The third kappa shape index (κ3) is 3.48. The van der Waals surface area contributed by atoms with Crippen molar-refractivity contribution in [3.05, 3.63) is 34.9 Å². The number of fused-ring (bicyclic) bond motifs is 1. The van der Waals surface area contributed by atoms with Crippen LogP contribution in [0.1, 0.15) is 34.3 Å². The standard InChI is InChI=1S/C22H28N6O4/c23-21(32)22(12-24-13-22)27-7-5-26(6-8-27)10-14-1-2-16-15(9-14)11-28(20(16)31)17-3-4-18(29)25-19(17)30/h1-2,9,17,24H,3-8,10-13H2,(H2,23,32)(H,25,29,30). The van der Waals surface area contributed by atoms with E-state index in [1.807, 2.05) is 18.2 Å². The molecule has 0 aromatic heterocycles. The monoisotopic (exact) mass is 440 g/mol. The van der Waals surface area contributed by atoms with Crippen molar-refractivity contribution < 1.29 is 19.2 Å². The number of nitrogens with two attached hydrogens (primary N) is 1. The molecule has 3 fully saturated rings. The molecule has 0 spiro atoms. The first kappa shape index (κ1) is 21.0. The highest BCUT2D eigenvalue weighted by molar-refractivity contribution is 6.05. The largest absolute Gasteiger partial charge is 0.368 e. The fourth-order valence-electron chi connectivity index (χ4n) is 5.23. The van der Waals surface area contributed by atoms with Gasteiger partial charge in [0.25, 0.3) is 5.91 Å². The van der Waals surface area contributed by atoms with Gasteiger partial charge in [-0.15, -0.1) is 0 Å². The zero-order valence-corrected chi connectivity index (χ0v) is 17.9. The highest BCUT2D eigenvalue weighted by Crippen LogP contribution is 2.29. The Balaban J connectivity index is 1.21. The number of nitrogens with zero attached hydrogens (tertiary/aromatic N) is 3. The van der Waals surface area contributed by atoms with Crippen LogP contribution < -0.4 is 16.4 Å². The van der Waals surface area contributed by atoms with Crippen LogP contribution in [-0.2, 0) is 27.5 Å². The number of carbonyl (C=O) groups excluding carboxylic acids is 4. The molecule has 0 saturated carbocycles. The van der Waals surface area contributed by atoms with Crippen molar-refractivity contribution in [1.29, 1.82) is 0 Å². The van der Waals surface area contributed by atoms with Gasteiger partial charge >= 0.3 is 0 Å². The molecular formula is C22H28N6O4. The molecule has 10 nitrogen and oxygen atoms in total. The smallest absolute Gasteiger partial charge is 0.255 e. The number of amides is 4.